The van der Waals surface area contributed by atoms with E-state index in [4.69, 9.17) is 9.15 Å². The number of likely N-dealkylation sites (tertiary alicyclic amines) is 1. The van der Waals surface area contributed by atoms with Crippen molar-refractivity contribution in [3.05, 3.63) is 42.2 Å². The van der Waals surface area contributed by atoms with E-state index < -0.39 is 0 Å². The number of nitrogens with zero attached hydrogens (tertiary/aromatic N) is 1. The highest BCUT2D eigenvalue weighted by Crippen LogP contribution is 2.31. The molecule has 0 saturated carbocycles. The molecular formula is C18H21NO3. The lowest BCUT2D eigenvalue weighted by atomic mass is 10.0. The summed E-state index contributed by atoms with van der Waals surface area (Å²) in [7, 11) is 2.15. The molecular weight excluding hydrogens is 278 g/mol. The second-order valence-electron chi connectivity index (χ2n) is 5.76. The van der Waals surface area contributed by atoms with Crippen LogP contribution in [0.2, 0.25) is 0 Å². The first-order valence-corrected chi connectivity index (χ1v) is 7.75. The third kappa shape index (κ3) is 3.22. The van der Waals surface area contributed by atoms with Gasteiger partial charge in [-0.25, -0.2) is 0 Å². The van der Waals surface area contributed by atoms with Crippen LogP contribution in [0, 0.1) is 0 Å². The SMILES string of the molecule is CN1CCCCC1COc1ccccc1-c1ccc(C=O)o1. The van der Waals surface area contributed by atoms with Crippen molar-refractivity contribution in [2.24, 2.45) is 0 Å². The number of piperidine rings is 1. The second kappa shape index (κ2) is 6.79. The molecule has 116 valence electrons. The van der Waals surface area contributed by atoms with Crippen molar-refractivity contribution < 1.29 is 13.9 Å². The van der Waals surface area contributed by atoms with Crippen molar-refractivity contribution in [2.45, 2.75) is 25.3 Å². The summed E-state index contributed by atoms with van der Waals surface area (Å²) < 4.78 is 11.6. The average molecular weight is 299 g/mol. The van der Waals surface area contributed by atoms with Crippen molar-refractivity contribution in [3.63, 3.8) is 0 Å². The minimum Gasteiger partial charge on any atom is -0.491 e. The molecule has 0 bridgehead atoms. The third-order valence-corrected chi connectivity index (χ3v) is 4.25. The summed E-state index contributed by atoms with van der Waals surface area (Å²) in [6, 6.07) is 11.7. The smallest absolute Gasteiger partial charge is 0.185 e. The molecule has 1 aliphatic heterocycles. The zero-order chi connectivity index (χ0) is 15.4. The van der Waals surface area contributed by atoms with E-state index in [9.17, 15) is 4.79 Å². The Balaban J connectivity index is 1.75. The van der Waals surface area contributed by atoms with Crippen LogP contribution in [0.3, 0.4) is 0 Å². The molecule has 0 aliphatic carbocycles. The Kier molecular flexibility index (Phi) is 4.59. The van der Waals surface area contributed by atoms with Crippen LogP contribution in [0.5, 0.6) is 5.75 Å². The van der Waals surface area contributed by atoms with Gasteiger partial charge in [-0.1, -0.05) is 18.6 Å². The van der Waals surface area contributed by atoms with Gasteiger partial charge in [-0.15, -0.1) is 0 Å². The van der Waals surface area contributed by atoms with Crippen LogP contribution in [0.25, 0.3) is 11.3 Å². The standard InChI is InChI=1S/C18H21NO3/c1-19-11-5-4-6-14(19)13-21-17-8-3-2-7-16(17)18-10-9-15(12-20)22-18/h2-3,7-10,12,14H,4-6,11,13H2,1H3. The van der Waals surface area contributed by atoms with Gasteiger partial charge in [0.05, 0.1) is 5.56 Å². The highest BCUT2D eigenvalue weighted by atomic mass is 16.5. The van der Waals surface area contributed by atoms with Gasteiger partial charge in [0.25, 0.3) is 0 Å². The molecule has 0 N–H and O–H groups in total. The Morgan fingerprint density at radius 3 is 2.91 bits per heavy atom. The number of ether oxygens (including phenoxy) is 1. The monoisotopic (exact) mass is 299 g/mol. The average Bonchev–Trinajstić information content (AvgIpc) is 3.03. The highest BCUT2D eigenvalue weighted by molar-refractivity contribution is 5.74. The van der Waals surface area contributed by atoms with Gasteiger partial charge in [0.1, 0.15) is 18.1 Å². The van der Waals surface area contributed by atoms with Crippen LogP contribution in [0.1, 0.15) is 29.8 Å². The van der Waals surface area contributed by atoms with E-state index in [2.05, 4.69) is 11.9 Å². The van der Waals surface area contributed by atoms with Crippen LogP contribution in [0.4, 0.5) is 0 Å². The maximum absolute atomic E-state index is 10.8. The number of aldehydes is 1. The van der Waals surface area contributed by atoms with Crippen LogP contribution < -0.4 is 4.74 Å². The van der Waals surface area contributed by atoms with E-state index >= 15 is 0 Å². The molecule has 1 aliphatic rings. The molecule has 1 atom stereocenters. The molecule has 3 rings (SSSR count). The number of likely N-dealkylation sites (N-methyl/N-ethyl adjacent to an activating group) is 1. The summed E-state index contributed by atoms with van der Waals surface area (Å²) >= 11 is 0. The molecule has 1 saturated heterocycles. The van der Waals surface area contributed by atoms with Gasteiger partial charge in [-0.05, 0) is 50.7 Å². The predicted molar refractivity (Wildman–Crippen MR) is 85.3 cm³/mol. The van der Waals surface area contributed by atoms with Crippen molar-refractivity contribution >= 4 is 6.29 Å². The molecule has 4 nitrogen and oxygen atoms in total. The van der Waals surface area contributed by atoms with Gasteiger partial charge in [-0.2, -0.15) is 0 Å². The fourth-order valence-electron chi connectivity index (χ4n) is 2.90. The van der Waals surface area contributed by atoms with Gasteiger partial charge < -0.3 is 14.1 Å². The van der Waals surface area contributed by atoms with E-state index in [1.807, 2.05) is 24.3 Å². The number of carbonyl (C=O) groups excluding carboxylic acids is 1. The fraction of sp³-hybridized carbons (Fsp3) is 0.389. The first-order chi connectivity index (χ1) is 10.8. The first kappa shape index (κ1) is 14.9. The number of hydrogen-bond donors (Lipinski definition) is 0. The molecule has 1 fully saturated rings. The van der Waals surface area contributed by atoms with Crippen molar-refractivity contribution in [2.75, 3.05) is 20.2 Å². The molecule has 2 aromatic rings. The predicted octanol–water partition coefficient (Wildman–Crippen LogP) is 3.62. The van der Waals surface area contributed by atoms with Crippen LogP contribution in [0.15, 0.2) is 40.8 Å². The van der Waals surface area contributed by atoms with E-state index in [0.29, 0.717) is 30.5 Å². The van der Waals surface area contributed by atoms with E-state index in [-0.39, 0.29) is 0 Å². The lowest BCUT2D eigenvalue weighted by Gasteiger charge is -2.32. The van der Waals surface area contributed by atoms with Gasteiger partial charge >= 0.3 is 0 Å². The number of furan rings is 1. The lowest BCUT2D eigenvalue weighted by molar-refractivity contribution is 0.110. The molecule has 1 unspecified atom stereocenters. The van der Waals surface area contributed by atoms with Crippen LogP contribution >= 0.6 is 0 Å². The summed E-state index contributed by atoms with van der Waals surface area (Å²) in [5, 5.41) is 0. The van der Waals surface area contributed by atoms with Crippen LogP contribution in [-0.4, -0.2) is 37.4 Å². The van der Waals surface area contributed by atoms with Gasteiger partial charge in [0, 0.05) is 6.04 Å². The largest absolute Gasteiger partial charge is 0.491 e. The van der Waals surface area contributed by atoms with Crippen molar-refractivity contribution in [3.8, 4) is 17.1 Å². The summed E-state index contributed by atoms with van der Waals surface area (Å²) in [4.78, 5) is 13.1. The number of benzene rings is 1. The molecule has 2 heterocycles. The quantitative estimate of drug-likeness (QED) is 0.791. The Hall–Kier alpha value is -2.07. The molecule has 0 radical (unpaired) electrons. The second-order valence-corrected chi connectivity index (χ2v) is 5.76. The zero-order valence-electron chi connectivity index (χ0n) is 12.8. The Morgan fingerprint density at radius 2 is 2.14 bits per heavy atom. The van der Waals surface area contributed by atoms with E-state index in [1.54, 1.807) is 12.1 Å². The molecule has 4 heteroatoms. The Labute approximate surface area is 130 Å². The van der Waals surface area contributed by atoms with Gasteiger partial charge in [-0.3, -0.25) is 4.79 Å². The molecule has 1 aromatic heterocycles. The normalized spacial score (nSPS) is 19.0. The van der Waals surface area contributed by atoms with Gasteiger partial charge in [0.15, 0.2) is 12.0 Å². The summed E-state index contributed by atoms with van der Waals surface area (Å²) in [5.74, 6) is 1.79. The van der Waals surface area contributed by atoms with Crippen LogP contribution in [-0.2, 0) is 0 Å². The van der Waals surface area contributed by atoms with Crippen molar-refractivity contribution in [1.29, 1.82) is 0 Å². The number of para-hydroxylation sites is 1. The summed E-state index contributed by atoms with van der Waals surface area (Å²) in [6.07, 6.45) is 4.42. The van der Waals surface area contributed by atoms with E-state index in [1.165, 1.54) is 19.3 Å². The maximum atomic E-state index is 10.8. The molecule has 0 spiro atoms. The topological polar surface area (TPSA) is 42.7 Å². The summed E-state index contributed by atoms with van der Waals surface area (Å²) in [6.45, 7) is 1.81. The van der Waals surface area contributed by atoms with Gasteiger partial charge in [0.2, 0.25) is 0 Å². The Bertz CT molecular complexity index is 635. The lowest BCUT2D eigenvalue weighted by Crippen LogP contribution is -2.40. The highest BCUT2D eigenvalue weighted by Gasteiger charge is 2.20. The maximum Gasteiger partial charge on any atom is 0.185 e. The molecule has 1 aromatic carbocycles. The minimum absolute atomic E-state index is 0.330. The summed E-state index contributed by atoms with van der Waals surface area (Å²) in [5.41, 5.74) is 0.883. The molecule has 22 heavy (non-hydrogen) atoms. The Morgan fingerprint density at radius 1 is 1.27 bits per heavy atom. The number of hydrogen-bond acceptors (Lipinski definition) is 4. The third-order valence-electron chi connectivity index (χ3n) is 4.25. The first-order valence-electron chi connectivity index (χ1n) is 7.75. The number of carbonyl (C=O) groups is 1. The zero-order valence-corrected chi connectivity index (χ0v) is 12.8. The molecule has 0 amide bonds. The van der Waals surface area contributed by atoms with E-state index in [0.717, 1.165) is 17.9 Å². The number of rotatable bonds is 5. The minimum atomic E-state index is 0.330. The fourth-order valence-corrected chi connectivity index (χ4v) is 2.90. The van der Waals surface area contributed by atoms with Crippen molar-refractivity contribution in [1.82, 2.24) is 4.90 Å².